The second-order valence-corrected chi connectivity index (χ2v) is 7.94. The van der Waals surface area contributed by atoms with Crippen molar-refractivity contribution in [3.8, 4) is 0 Å². The largest absolute Gasteiger partial charge is 0.348 e. The number of nitrogens with one attached hydrogen (secondary N) is 1. The van der Waals surface area contributed by atoms with Gasteiger partial charge in [0.1, 0.15) is 5.82 Å². The van der Waals surface area contributed by atoms with E-state index >= 15 is 0 Å². The third kappa shape index (κ3) is 5.05. The molecule has 7 heteroatoms. The molecule has 1 fully saturated rings. The Balaban J connectivity index is 1.55. The van der Waals surface area contributed by atoms with Crippen LogP contribution in [0.2, 0.25) is 0 Å². The second kappa shape index (κ2) is 8.80. The molecule has 0 spiro atoms. The monoisotopic (exact) mass is 390 g/mol. The molecule has 1 N–H and O–H groups in total. The number of nitrogens with zero attached hydrogens (tertiary/aromatic N) is 3. The zero-order valence-corrected chi connectivity index (χ0v) is 16.9. The Morgan fingerprint density at radius 1 is 1.19 bits per heavy atom. The Kier molecular flexibility index (Phi) is 6.44. The molecule has 1 aromatic heterocycles. The highest BCUT2D eigenvalue weighted by atomic mass is 32.1. The number of hydrogen-bond acceptors (Lipinski definition) is 5. The first kappa shape index (κ1) is 19.8. The highest BCUT2D eigenvalue weighted by Crippen LogP contribution is 2.22. The minimum absolute atomic E-state index is 0.00497. The predicted molar refractivity (Wildman–Crippen MR) is 108 cm³/mol. The molecule has 27 heavy (non-hydrogen) atoms. The van der Waals surface area contributed by atoms with Crippen LogP contribution in [-0.2, 0) is 4.79 Å². The summed E-state index contributed by atoms with van der Waals surface area (Å²) in [5, 5.41) is 6.19. The lowest BCUT2D eigenvalue weighted by Gasteiger charge is -2.28. The van der Waals surface area contributed by atoms with Crippen LogP contribution in [0.5, 0.6) is 0 Å². The summed E-state index contributed by atoms with van der Waals surface area (Å²) in [6.07, 6.45) is 1.00. The quantitative estimate of drug-likeness (QED) is 0.850. The normalized spacial score (nSPS) is 18.0. The highest BCUT2D eigenvalue weighted by molar-refractivity contribution is 7.13. The van der Waals surface area contributed by atoms with Crippen molar-refractivity contribution in [1.29, 1.82) is 0 Å². The first-order valence-corrected chi connectivity index (χ1v) is 10.3. The topological polar surface area (TPSA) is 48.5 Å². The SMILES string of the molecule is Cc1csc(N2CCCN(C(C)C(=O)NC(C)c3ccc(F)cc3)CC2)n1. The number of amides is 1. The molecule has 3 rings (SSSR count). The lowest BCUT2D eigenvalue weighted by atomic mass is 10.1. The van der Waals surface area contributed by atoms with E-state index in [0.29, 0.717) is 0 Å². The number of anilines is 1. The number of carbonyl (C=O) groups is 1. The Labute approximate surface area is 164 Å². The molecule has 1 aliphatic rings. The van der Waals surface area contributed by atoms with Gasteiger partial charge in [-0.25, -0.2) is 9.37 Å². The summed E-state index contributed by atoms with van der Waals surface area (Å²) >= 11 is 1.68. The summed E-state index contributed by atoms with van der Waals surface area (Å²) in [5.41, 5.74) is 1.96. The van der Waals surface area contributed by atoms with Gasteiger partial charge in [0, 0.05) is 31.6 Å². The predicted octanol–water partition coefficient (Wildman–Crippen LogP) is 3.37. The molecule has 0 radical (unpaired) electrons. The summed E-state index contributed by atoms with van der Waals surface area (Å²) in [4.78, 5) is 21.8. The van der Waals surface area contributed by atoms with Crippen LogP contribution < -0.4 is 10.2 Å². The molecule has 146 valence electrons. The van der Waals surface area contributed by atoms with E-state index in [2.05, 4.69) is 25.5 Å². The number of hydrogen-bond donors (Lipinski definition) is 1. The first-order valence-electron chi connectivity index (χ1n) is 9.41. The lowest BCUT2D eigenvalue weighted by Crippen LogP contribution is -2.47. The van der Waals surface area contributed by atoms with Gasteiger partial charge in [-0.15, -0.1) is 11.3 Å². The molecule has 2 aromatic rings. The molecule has 1 amide bonds. The van der Waals surface area contributed by atoms with Crippen molar-refractivity contribution in [2.45, 2.75) is 39.3 Å². The number of halogens is 1. The van der Waals surface area contributed by atoms with Crippen molar-refractivity contribution in [3.05, 3.63) is 46.7 Å². The zero-order chi connectivity index (χ0) is 19.4. The van der Waals surface area contributed by atoms with Gasteiger partial charge in [-0.05, 0) is 44.9 Å². The number of benzene rings is 1. The van der Waals surface area contributed by atoms with E-state index in [1.165, 1.54) is 12.1 Å². The van der Waals surface area contributed by atoms with Crippen LogP contribution in [-0.4, -0.2) is 48.0 Å². The van der Waals surface area contributed by atoms with Gasteiger partial charge in [0.2, 0.25) is 5.91 Å². The number of thiazole rings is 1. The van der Waals surface area contributed by atoms with Crippen molar-refractivity contribution >= 4 is 22.4 Å². The van der Waals surface area contributed by atoms with Gasteiger partial charge in [-0.2, -0.15) is 0 Å². The van der Waals surface area contributed by atoms with Crippen molar-refractivity contribution in [2.75, 3.05) is 31.1 Å². The summed E-state index contributed by atoms with van der Waals surface area (Å²) < 4.78 is 13.1. The maximum Gasteiger partial charge on any atom is 0.237 e. The Hall–Kier alpha value is -1.99. The number of carbonyl (C=O) groups excluding carboxylic acids is 1. The van der Waals surface area contributed by atoms with Gasteiger partial charge >= 0.3 is 0 Å². The summed E-state index contributed by atoms with van der Waals surface area (Å²) in [6.45, 7) is 9.45. The summed E-state index contributed by atoms with van der Waals surface area (Å²) in [6, 6.07) is 5.92. The van der Waals surface area contributed by atoms with Gasteiger partial charge < -0.3 is 10.2 Å². The molecule has 1 aliphatic heterocycles. The Morgan fingerprint density at radius 3 is 2.59 bits per heavy atom. The minimum Gasteiger partial charge on any atom is -0.348 e. The molecule has 2 unspecified atom stereocenters. The second-order valence-electron chi connectivity index (χ2n) is 7.11. The third-order valence-electron chi connectivity index (χ3n) is 5.06. The van der Waals surface area contributed by atoms with Crippen LogP contribution in [0.15, 0.2) is 29.6 Å². The van der Waals surface area contributed by atoms with Crippen LogP contribution in [0.3, 0.4) is 0 Å². The molecule has 2 atom stereocenters. The number of rotatable bonds is 5. The van der Waals surface area contributed by atoms with E-state index in [0.717, 1.165) is 49.0 Å². The highest BCUT2D eigenvalue weighted by Gasteiger charge is 2.25. The first-order chi connectivity index (χ1) is 12.9. The fraction of sp³-hybridized carbons (Fsp3) is 0.500. The van der Waals surface area contributed by atoms with E-state index in [1.807, 2.05) is 20.8 Å². The van der Waals surface area contributed by atoms with Crippen LogP contribution in [0.4, 0.5) is 9.52 Å². The maximum atomic E-state index is 13.1. The average Bonchev–Trinajstić information content (AvgIpc) is 2.93. The fourth-order valence-corrected chi connectivity index (χ4v) is 4.19. The smallest absolute Gasteiger partial charge is 0.237 e. The van der Waals surface area contributed by atoms with E-state index in [9.17, 15) is 9.18 Å². The average molecular weight is 391 g/mol. The third-order valence-corrected chi connectivity index (χ3v) is 6.08. The molecular weight excluding hydrogens is 363 g/mol. The molecule has 0 bridgehead atoms. The van der Waals surface area contributed by atoms with E-state index < -0.39 is 0 Å². The van der Waals surface area contributed by atoms with Crippen molar-refractivity contribution < 1.29 is 9.18 Å². The molecule has 1 aromatic carbocycles. The number of aryl methyl sites for hydroxylation is 1. The fourth-order valence-electron chi connectivity index (χ4n) is 3.34. The standard InChI is InChI=1S/C20H27FN4OS/c1-14-13-27-20(22-14)25-10-4-9-24(11-12-25)16(3)19(26)23-15(2)17-5-7-18(21)8-6-17/h5-8,13,15-16H,4,9-12H2,1-3H3,(H,23,26). The summed E-state index contributed by atoms with van der Waals surface area (Å²) in [5.74, 6) is -0.263. The van der Waals surface area contributed by atoms with Crippen LogP contribution >= 0.6 is 11.3 Å². The van der Waals surface area contributed by atoms with Gasteiger partial charge in [-0.3, -0.25) is 9.69 Å². The van der Waals surface area contributed by atoms with Crippen molar-refractivity contribution in [2.24, 2.45) is 0 Å². The molecule has 2 heterocycles. The Morgan fingerprint density at radius 2 is 1.93 bits per heavy atom. The molecule has 0 aliphatic carbocycles. The van der Waals surface area contributed by atoms with Crippen LogP contribution in [0.1, 0.15) is 37.6 Å². The number of aromatic nitrogens is 1. The summed E-state index contributed by atoms with van der Waals surface area (Å²) in [7, 11) is 0. The molecule has 0 saturated carbocycles. The van der Waals surface area contributed by atoms with Crippen molar-refractivity contribution in [1.82, 2.24) is 15.2 Å². The molecule has 5 nitrogen and oxygen atoms in total. The van der Waals surface area contributed by atoms with E-state index in [-0.39, 0.29) is 23.8 Å². The molecule has 1 saturated heterocycles. The van der Waals surface area contributed by atoms with Gasteiger partial charge in [-0.1, -0.05) is 12.1 Å². The molecular formula is C20H27FN4OS. The zero-order valence-electron chi connectivity index (χ0n) is 16.1. The Bertz CT molecular complexity index is 764. The van der Waals surface area contributed by atoms with Gasteiger partial charge in [0.05, 0.1) is 17.8 Å². The van der Waals surface area contributed by atoms with E-state index in [4.69, 9.17) is 0 Å². The van der Waals surface area contributed by atoms with Gasteiger partial charge in [0.15, 0.2) is 5.13 Å². The maximum absolute atomic E-state index is 13.1. The van der Waals surface area contributed by atoms with Crippen molar-refractivity contribution in [3.63, 3.8) is 0 Å². The van der Waals surface area contributed by atoms with Crippen LogP contribution in [0.25, 0.3) is 0 Å². The van der Waals surface area contributed by atoms with Gasteiger partial charge in [0.25, 0.3) is 0 Å². The minimum atomic E-state index is -0.268. The lowest BCUT2D eigenvalue weighted by molar-refractivity contribution is -0.126. The van der Waals surface area contributed by atoms with E-state index in [1.54, 1.807) is 23.5 Å². The van der Waals surface area contributed by atoms with Crippen LogP contribution in [0, 0.1) is 12.7 Å².